The van der Waals surface area contributed by atoms with E-state index in [1.807, 2.05) is 0 Å². The molecule has 0 aromatic heterocycles. The molecule has 7 heteroatoms. The number of benzene rings is 1. The van der Waals surface area contributed by atoms with Gasteiger partial charge in [-0.3, -0.25) is 0 Å². The van der Waals surface area contributed by atoms with Gasteiger partial charge in [0.1, 0.15) is 0 Å². The summed E-state index contributed by atoms with van der Waals surface area (Å²) in [5.41, 5.74) is -0.971. The number of carbonyl (C=O) groups is 1. The first-order valence-electron chi connectivity index (χ1n) is 6.04. The highest BCUT2D eigenvalue weighted by molar-refractivity contribution is 7.89. The molecule has 0 radical (unpaired) electrons. The standard InChI is InChI=1S/C13H19NO5S/c1-8-10(12(16)17)6-5-7-11(8)20(18,19)14-13(3,4)9(2)15/h5-7,9,14-15H,1-4H3,(H,16,17). The Morgan fingerprint density at radius 2 is 1.90 bits per heavy atom. The Labute approximate surface area is 118 Å². The van der Waals surface area contributed by atoms with Crippen molar-refractivity contribution in [1.29, 1.82) is 0 Å². The number of aromatic carboxylic acids is 1. The predicted octanol–water partition coefficient (Wildman–Crippen LogP) is 1.13. The Kier molecular flexibility index (Phi) is 4.58. The Hall–Kier alpha value is -1.44. The molecule has 0 spiro atoms. The Morgan fingerprint density at radius 3 is 2.35 bits per heavy atom. The molecule has 20 heavy (non-hydrogen) atoms. The Balaban J connectivity index is 3.31. The zero-order valence-electron chi connectivity index (χ0n) is 11.8. The smallest absolute Gasteiger partial charge is 0.335 e. The van der Waals surface area contributed by atoms with E-state index in [2.05, 4.69) is 4.72 Å². The zero-order valence-corrected chi connectivity index (χ0v) is 12.7. The van der Waals surface area contributed by atoms with E-state index >= 15 is 0 Å². The maximum atomic E-state index is 12.3. The fourth-order valence-electron chi connectivity index (χ4n) is 1.62. The monoisotopic (exact) mass is 301 g/mol. The van der Waals surface area contributed by atoms with E-state index < -0.39 is 27.6 Å². The van der Waals surface area contributed by atoms with E-state index in [1.54, 1.807) is 13.8 Å². The van der Waals surface area contributed by atoms with E-state index in [0.29, 0.717) is 0 Å². The third-order valence-corrected chi connectivity index (χ3v) is 5.06. The van der Waals surface area contributed by atoms with Crippen molar-refractivity contribution in [2.75, 3.05) is 0 Å². The zero-order chi connectivity index (χ0) is 15.7. The molecule has 0 aliphatic rings. The summed E-state index contributed by atoms with van der Waals surface area (Å²) in [7, 11) is -3.92. The molecule has 0 fully saturated rings. The van der Waals surface area contributed by atoms with Crippen LogP contribution in [-0.4, -0.2) is 36.2 Å². The Morgan fingerprint density at radius 1 is 1.35 bits per heavy atom. The maximum absolute atomic E-state index is 12.3. The second kappa shape index (κ2) is 5.51. The van der Waals surface area contributed by atoms with Gasteiger partial charge in [-0.2, -0.15) is 0 Å². The van der Waals surface area contributed by atoms with Gasteiger partial charge in [-0.15, -0.1) is 0 Å². The van der Waals surface area contributed by atoms with Crippen LogP contribution in [0.2, 0.25) is 0 Å². The van der Waals surface area contributed by atoms with Crippen molar-refractivity contribution in [2.24, 2.45) is 0 Å². The molecule has 0 saturated heterocycles. The number of aliphatic hydroxyl groups is 1. The average Bonchev–Trinajstić information content (AvgIpc) is 2.26. The molecule has 0 amide bonds. The molecule has 1 atom stereocenters. The van der Waals surface area contributed by atoms with Crippen LogP contribution >= 0.6 is 0 Å². The van der Waals surface area contributed by atoms with E-state index in [-0.39, 0.29) is 16.0 Å². The molecule has 1 rings (SSSR count). The second-order valence-corrected chi connectivity index (χ2v) is 6.89. The lowest BCUT2D eigenvalue weighted by molar-refractivity contribution is 0.0695. The van der Waals surface area contributed by atoms with Crippen molar-refractivity contribution >= 4 is 16.0 Å². The highest BCUT2D eigenvalue weighted by atomic mass is 32.2. The van der Waals surface area contributed by atoms with Crippen LogP contribution in [0.5, 0.6) is 0 Å². The minimum atomic E-state index is -3.92. The van der Waals surface area contributed by atoms with E-state index in [1.165, 1.54) is 32.0 Å². The highest BCUT2D eigenvalue weighted by Gasteiger charge is 2.31. The van der Waals surface area contributed by atoms with Crippen molar-refractivity contribution in [3.63, 3.8) is 0 Å². The molecule has 3 N–H and O–H groups in total. The van der Waals surface area contributed by atoms with Crippen molar-refractivity contribution < 1.29 is 23.4 Å². The van der Waals surface area contributed by atoms with Crippen molar-refractivity contribution in [1.82, 2.24) is 4.72 Å². The van der Waals surface area contributed by atoms with Crippen LogP contribution in [0.15, 0.2) is 23.1 Å². The Bertz CT molecular complexity index is 620. The van der Waals surface area contributed by atoms with Crippen molar-refractivity contribution in [3.05, 3.63) is 29.3 Å². The van der Waals surface area contributed by atoms with Gasteiger partial charge in [0.25, 0.3) is 0 Å². The molecule has 1 unspecified atom stereocenters. The minimum Gasteiger partial charge on any atom is -0.478 e. The molecule has 112 valence electrons. The normalized spacial score (nSPS) is 14.1. The first kappa shape index (κ1) is 16.6. The van der Waals surface area contributed by atoms with Crippen LogP contribution in [0.25, 0.3) is 0 Å². The van der Waals surface area contributed by atoms with Gasteiger partial charge in [0.2, 0.25) is 10.0 Å². The summed E-state index contributed by atoms with van der Waals surface area (Å²) >= 11 is 0. The molecule has 6 nitrogen and oxygen atoms in total. The van der Waals surface area contributed by atoms with Crippen LogP contribution in [0, 0.1) is 6.92 Å². The number of nitrogens with one attached hydrogen (secondary N) is 1. The minimum absolute atomic E-state index is 0.0669. The summed E-state index contributed by atoms with van der Waals surface area (Å²) in [4.78, 5) is 10.9. The van der Waals surface area contributed by atoms with Crippen molar-refractivity contribution in [3.8, 4) is 0 Å². The SMILES string of the molecule is Cc1c(C(=O)O)cccc1S(=O)(=O)NC(C)(C)C(C)O. The predicted molar refractivity (Wildman–Crippen MR) is 74.2 cm³/mol. The van der Waals surface area contributed by atoms with Crippen LogP contribution in [0.1, 0.15) is 36.7 Å². The second-order valence-electron chi connectivity index (χ2n) is 5.24. The summed E-state index contributed by atoms with van der Waals surface area (Å²) in [5.74, 6) is -1.19. The number of hydrogen-bond donors (Lipinski definition) is 3. The summed E-state index contributed by atoms with van der Waals surface area (Å²) in [6.07, 6.45) is -0.903. The maximum Gasteiger partial charge on any atom is 0.335 e. The van der Waals surface area contributed by atoms with Gasteiger partial charge < -0.3 is 10.2 Å². The van der Waals surface area contributed by atoms with Crippen LogP contribution in [0.3, 0.4) is 0 Å². The van der Waals surface area contributed by atoms with Crippen LogP contribution in [-0.2, 0) is 10.0 Å². The molecular weight excluding hydrogens is 282 g/mol. The summed E-state index contributed by atoms with van der Waals surface area (Å²) in [5, 5.41) is 18.6. The third-order valence-electron chi connectivity index (χ3n) is 3.25. The molecule has 0 bridgehead atoms. The molecule has 0 heterocycles. The molecule has 1 aromatic rings. The lowest BCUT2D eigenvalue weighted by atomic mass is 10.0. The fraction of sp³-hybridized carbons (Fsp3) is 0.462. The number of carboxylic acid groups (broad SMARTS) is 1. The number of carboxylic acids is 1. The molecule has 1 aromatic carbocycles. The van der Waals surface area contributed by atoms with Gasteiger partial charge >= 0.3 is 5.97 Å². The van der Waals surface area contributed by atoms with Gasteiger partial charge in [0, 0.05) is 0 Å². The van der Waals surface area contributed by atoms with Gasteiger partial charge in [-0.1, -0.05) is 6.07 Å². The summed E-state index contributed by atoms with van der Waals surface area (Å²) < 4.78 is 27.1. The topological polar surface area (TPSA) is 104 Å². The number of aliphatic hydroxyl groups excluding tert-OH is 1. The molecular formula is C13H19NO5S. The van der Waals surface area contributed by atoms with Crippen LogP contribution in [0.4, 0.5) is 0 Å². The molecule has 0 saturated carbocycles. The first-order chi connectivity index (χ1) is 8.99. The third kappa shape index (κ3) is 3.36. The molecule has 0 aliphatic heterocycles. The quantitative estimate of drug-likeness (QED) is 0.756. The largest absolute Gasteiger partial charge is 0.478 e. The van der Waals surface area contributed by atoms with E-state index in [9.17, 15) is 18.3 Å². The lowest BCUT2D eigenvalue weighted by Gasteiger charge is -2.29. The lowest BCUT2D eigenvalue weighted by Crippen LogP contribution is -2.50. The van der Waals surface area contributed by atoms with Gasteiger partial charge in [0.15, 0.2) is 0 Å². The number of sulfonamides is 1. The van der Waals surface area contributed by atoms with Crippen molar-refractivity contribution in [2.45, 2.75) is 44.2 Å². The van der Waals surface area contributed by atoms with Crippen LogP contribution < -0.4 is 4.72 Å². The fourth-order valence-corrected chi connectivity index (χ4v) is 3.37. The summed E-state index contributed by atoms with van der Waals surface area (Å²) in [6, 6.07) is 4.05. The number of hydrogen-bond acceptors (Lipinski definition) is 4. The molecule has 0 aliphatic carbocycles. The van der Waals surface area contributed by atoms with E-state index in [4.69, 9.17) is 5.11 Å². The number of rotatable bonds is 5. The average molecular weight is 301 g/mol. The van der Waals surface area contributed by atoms with Gasteiger partial charge in [0.05, 0.1) is 22.1 Å². The summed E-state index contributed by atoms with van der Waals surface area (Å²) in [6.45, 7) is 6.01. The van der Waals surface area contributed by atoms with E-state index in [0.717, 1.165) is 0 Å². The first-order valence-corrected chi connectivity index (χ1v) is 7.52. The van der Waals surface area contributed by atoms with Gasteiger partial charge in [-0.05, 0) is 45.4 Å². The highest BCUT2D eigenvalue weighted by Crippen LogP contribution is 2.21. The van der Waals surface area contributed by atoms with Gasteiger partial charge in [-0.25, -0.2) is 17.9 Å².